The summed E-state index contributed by atoms with van der Waals surface area (Å²) in [6, 6.07) is 14.9. The second kappa shape index (κ2) is 11.8. The van der Waals surface area contributed by atoms with Crippen LogP contribution in [0.1, 0.15) is 39.5 Å². The van der Waals surface area contributed by atoms with Gasteiger partial charge in [-0.25, -0.2) is 4.79 Å². The van der Waals surface area contributed by atoms with E-state index in [1.807, 2.05) is 17.6 Å². The van der Waals surface area contributed by atoms with E-state index < -0.39 is 12.0 Å². The lowest BCUT2D eigenvalue weighted by Crippen LogP contribution is -2.28. The molecule has 2 aromatic carbocycles. The molecule has 0 saturated carbocycles. The van der Waals surface area contributed by atoms with E-state index in [0.717, 1.165) is 0 Å². The quantitative estimate of drug-likeness (QED) is 0.260. The molecule has 34 heavy (non-hydrogen) atoms. The van der Waals surface area contributed by atoms with Crippen molar-refractivity contribution in [2.45, 2.75) is 24.7 Å². The molecule has 2 amide bonds. The Morgan fingerprint density at radius 1 is 1.09 bits per heavy atom. The number of carbonyl (C=O) groups excluding carboxylic acids is 3. The van der Waals surface area contributed by atoms with Gasteiger partial charge in [0.15, 0.2) is 11.0 Å². The number of aromatic nitrogens is 3. The fourth-order valence-electron chi connectivity index (χ4n) is 3.10. The Morgan fingerprint density at radius 2 is 1.79 bits per heavy atom. The van der Waals surface area contributed by atoms with Gasteiger partial charge < -0.3 is 19.9 Å². The maximum Gasteiger partial charge on any atom is 0.337 e. The third-order valence-corrected chi connectivity index (χ3v) is 5.72. The van der Waals surface area contributed by atoms with E-state index in [1.54, 1.807) is 54.6 Å². The molecule has 1 heterocycles. The third-order valence-electron chi connectivity index (χ3n) is 4.75. The highest BCUT2D eigenvalue weighted by Gasteiger charge is 2.20. The molecule has 0 fully saturated rings. The summed E-state index contributed by atoms with van der Waals surface area (Å²) in [7, 11) is 1.31. The van der Waals surface area contributed by atoms with Crippen molar-refractivity contribution in [3.05, 3.63) is 84.2 Å². The van der Waals surface area contributed by atoms with Crippen LogP contribution in [-0.2, 0) is 16.1 Å². The van der Waals surface area contributed by atoms with Crippen LogP contribution in [0.3, 0.4) is 0 Å². The summed E-state index contributed by atoms with van der Waals surface area (Å²) in [6.45, 7) is 6.02. The molecule has 0 spiro atoms. The monoisotopic (exact) mass is 479 g/mol. The van der Waals surface area contributed by atoms with Crippen molar-refractivity contribution in [3.8, 4) is 0 Å². The van der Waals surface area contributed by atoms with Gasteiger partial charge in [0.05, 0.1) is 24.5 Å². The molecule has 0 saturated heterocycles. The average Bonchev–Trinajstić information content (AvgIpc) is 3.26. The lowest BCUT2D eigenvalue weighted by Gasteiger charge is -2.15. The minimum atomic E-state index is -0.444. The second-order valence-electron chi connectivity index (χ2n) is 7.21. The maximum absolute atomic E-state index is 12.5. The van der Waals surface area contributed by atoms with Crippen LogP contribution in [0.5, 0.6) is 0 Å². The third kappa shape index (κ3) is 6.32. The molecule has 0 aliphatic carbocycles. The minimum Gasteiger partial charge on any atom is -0.465 e. The van der Waals surface area contributed by atoms with Gasteiger partial charge in [-0.15, -0.1) is 16.8 Å². The Morgan fingerprint density at radius 3 is 2.44 bits per heavy atom. The van der Waals surface area contributed by atoms with Crippen LogP contribution in [0.4, 0.5) is 5.69 Å². The zero-order valence-electron chi connectivity index (χ0n) is 18.9. The summed E-state index contributed by atoms with van der Waals surface area (Å²) in [5.74, 6) is -0.242. The van der Waals surface area contributed by atoms with Crippen molar-refractivity contribution < 1.29 is 19.1 Å². The number of amides is 2. The molecule has 2 N–H and O–H groups in total. The molecule has 0 unspecified atom stereocenters. The van der Waals surface area contributed by atoms with E-state index in [0.29, 0.717) is 34.3 Å². The zero-order chi connectivity index (χ0) is 24.5. The van der Waals surface area contributed by atoms with Crippen LogP contribution >= 0.6 is 11.8 Å². The lowest BCUT2D eigenvalue weighted by molar-refractivity contribution is -0.113. The number of benzene rings is 2. The number of hydrogen-bond donors (Lipinski definition) is 2. The molecule has 10 heteroatoms. The molecule has 3 rings (SSSR count). The lowest BCUT2D eigenvalue weighted by atomic mass is 10.2. The van der Waals surface area contributed by atoms with Gasteiger partial charge in [0, 0.05) is 17.8 Å². The standard InChI is InChI=1S/C24H25N5O4S/c1-4-14-29-21(16(2)25-22(31)17-8-6-5-7-9-17)27-28-24(29)34-15-20(30)26-19-12-10-18(11-13-19)23(32)33-3/h4-13,16H,1,14-15H2,2-3H3,(H,25,31)(H,26,30)/t16-/m1/s1. The second-order valence-corrected chi connectivity index (χ2v) is 8.15. The van der Waals surface area contributed by atoms with Crippen LogP contribution in [0.15, 0.2) is 72.4 Å². The summed E-state index contributed by atoms with van der Waals surface area (Å²) in [4.78, 5) is 36.4. The predicted octanol–water partition coefficient (Wildman–Crippen LogP) is 3.47. The molecule has 9 nitrogen and oxygen atoms in total. The molecule has 1 atom stereocenters. The van der Waals surface area contributed by atoms with Crippen molar-refractivity contribution in [2.75, 3.05) is 18.2 Å². The first kappa shape index (κ1) is 24.7. The number of methoxy groups -OCH3 is 1. The van der Waals surface area contributed by atoms with Gasteiger partial charge in [-0.3, -0.25) is 9.59 Å². The number of hydrogen-bond acceptors (Lipinski definition) is 7. The Bertz CT molecular complexity index is 1160. The first-order valence-electron chi connectivity index (χ1n) is 10.4. The summed E-state index contributed by atoms with van der Waals surface area (Å²) in [5.41, 5.74) is 1.51. The Hall–Kier alpha value is -3.92. The van der Waals surface area contributed by atoms with Crippen molar-refractivity contribution >= 4 is 35.2 Å². The first-order chi connectivity index (χ1) is 16.4. The van der Waals surface area contributed by atoms with Crippen molar-refractivity contribution in [3.63, 3.8) is 0 Å². The fraction of sp³-hybridized carbons (Fsp3) is 0.208. The maximum atomic E-state index is 12.5. The Balaban J connectivity index is 1.62. The Labute approximate surface area is 201 Å². The van der Waals surface area contributed by atoms with Gasteiger partial charge >= 0.3 is 5.97 Å². The molecule has 0 bridgehead atoms. The SMILES string of the molecule is C=CCn1c(SCC(=O)Nc2ccc(C(=O)OC)cc2)nnc1[C@@H](C)NC(=O)c1ccccc1. The van der Waals surface area contributed by atoms with E-state index in [1.165, 1.54) is 18.9 Å². The van der Waals surface area contributed by atoms with E-state index in [-0.39, 0.29) is 17.6 Å². The highest BCUT2D eigenvalue weighted by atomic mass is 32.2. The van der Waals surface area contributed by atoms with Crippen LogP contribution < -0.4 is 10.6 Å². The van der Waals surface area contributed by atoms with Crippen LogP contribution in [0.25, 0.3) is 0 Å². The number of allylic oxidation sites excluding steroid dienone is 1. The van der Waals surface area contributed by atoms with Crippen LogP contribution in [0.2, 0.25) is 0 Å². The van der Waals surface area contributed by atoms with Crippen molar-refractivity contribution in [2.24, 2.45) is 0 Å². The van der Waals surface area contributed by atoms with E-state index in [4.69, 9.17) is 0 Å². The van der Waals surface area contributed by atoms with Crippen molar-refractivity contribution in [1.29, 1.82) is 0 Å². The first-order valence-corrected chi connectivity index (χ1v) is 11.4. The summed E-state index contributed by atoms with van der Waals surface area (Å²) in [5, 5.41) is 14.7. The highest BCUT2D eigenvalue weighted by Crippen LogP contribution is 2.21. The molecular formula is C24H25N5O4S. The number of ether oxygens (including phenoxy) is 1. The van der Waals surface area contributed by atoms with E-state index >= 15 is 0 Å². The smallest absolute Gasteiger partial charge is 0.337 e. The molecule has 176 valence electrons. The highest BCUT2D eigenvalue weighted by molar-refractivity contribution is 7.99. The largest absolute Gasteiger partial charge is 0.465 e. The van der Waals surface area contributed by atoms with Crippen LogP contribution in [0, 0.1) is 0 Å². The predicted molar refractivity (Wildman–Crippen MR) is 130 cm³/mol. The molecular weight excluding hydrogens is 454 g/mol. The number of esters is 1. The van der Waals surface area contributed by atoms with Gasteiger partial charge in [0.1, 0.15) is 0 Å². The number of anilines is 1. The molecule has 0 aliphatic rings. The van der Waals surface area contributed by atoms with Gasteiger partial charge in [-0.1, -0.05) is 36.0 Å². The summed E-state index contributed by atoms with van der Waals surface area (Å²) >= 11 is 1.22. The zero-order valence-corrected chi connectivity index (χ0v) is 19.7. The van der Waals surface area contributed by atoms with Gasteiger partial charge in [0.2, 0.25) is 5.91 Å². The van der Waals surface area contributed by atoms with Crippen molar-refractivity contribution in [1.82, 2.24) is 20.1 Å². The summed E-state index contributed by atoms with van der Waals surface area (Å²) < 4.78 is 6.47. The number of carbonyl (C=O) groups is 3. The topological polar surface area (TPSA) is 115 Å². The molecule has 0 radical (unpaired) electrons. The minimum absolute atomic E-state index is 0.0960. The van der Waals surface area contributed by atoms with E-state index in [9.17, 15) is 14.4 Å². The summed E-state index contributed by atoms with van der Waals surface area (Å²) in [6.07, 6.45) is 1.70. The van der Waals surface area contributed by atoms with Gasteiger partial charge in [-0.2, -0.15) is 0 Å². The Kier molecular flexibility index (Phi) is 8.58. The van der Waals surface area contributed by atoms with Crippen LogP contribution in [-0.4, -0.2) is 45.4 Å². The molecule has 1 aromatic heterocycles. The number of nitrogens with zero attached hydrogens (tertiary/aromatic N) is 3. The van der Waals surface area contributed by atoms with Gasteiger partial charge in [-0.05, 0) is 43.3 Å². The van der Waals surface area contributed by atoms with E-state index in [2.05, 4.69) is 32.1 Å². The average molecular weight is 480 g/mol. The number of rotatable bonds is 10. The number of thioether (sulfide) groups is 1. The molecule has 3 aromatic rings. The number of nitrogens with one attached hydrogen (secondary N) is 2. The van der Waals surface area contributed by atoms with Gasteiger partial charge in [0.25, 0.3) is 5.91 Å². The normalized spacial score (nSPS) is 11.4. The fourth-order valence-corrected chi connectivity index (χ4v) is 3.85. The molecule has 0 aliphatic heterocycles.